The summed E-state index contributed by atoms with van der Waals surface area (Å²) in [7, 11) is -1.93. The van der Waals surface area contributed by atoms with Crippen LogP contribution in [0.3, 0.4) is 0 Å². The van der Waals surface area contributed by atoms with Crippen molar-refractivity contribution in [3.8, 4) is 0 Å². The summed E-state index contributed by atoms with van der Waals surface area (Å²) in [5, 5.41) is 2.98. The van der Waals surface area contributed by atoms with Crippen molar-refractivity contribution in [3.05, 3.63) is 12.0 Å². The van der Waals surface area contributed by atoms with Crippen molar-refractivity contribution in [1.29, 1.82) is 0 Å². The molecule has 130 valence electrons. The first kappa shape index (κ1) is 17.9. The fourth-order valence-electron chi connectivity index (χ4n) is 2.89. The lowest BCUT2D eigenvalue weighted by Crippen LogP contribution is -2.39. The molecule has 0 aliphatic heterocycles. The minimum absolute atomic E-state index is 0.0148. The normalized spacial score (nSPS) is 22.0. The third-order valence-corrected chi connectivity index (χ3v) is 5.64. The van der Waals surface area contributed by atoms with Gasteiger partial charge in [0, 0.05) is 32.3 Å². The Bertz CT molecular complexity index is 634. The SMILES string of the molecule is Cc1nc(S(=O)(=O)NCCC(=O)N[C@@H]2CCC[C@H](C)C2)cn1C. The van der Waals surface area contributed by atoms with Gasteiger partial charge in [0.25, 0.3) is 10.0 Å². The van der Waals surface area contributed by atoms with Crippen LogP contribution < -0.4 is 10.0 Å². The number of nitrogens with one attached hydrogen (secondary N) is 2. The molecule has 0 aromatic carbocycles. The van der Waals surface area contributed by atoms with Gasteiger partial charge >= 0.3 is 0 Å². The first-order valence-corrected chi connectivity index (χ1v) is 9.55. The zero-order chi connectivity index (χ0) is 17.0. The van der Waals surface area contributed by atoms with Gasteiger partial charge in [-0.15, -0.1) is 0 Å². The molecule has 1 aromatic rings. The number of amides is 1. The molecular weight excluding hydrogens is 316 g/mol. The van der Waals surface area contributed by atoms with E-state index < -0.39 is 10.0 Å². The molecule has 1 aliphatic carbocycles. The van der Waals surface area contributed by atoms with Crippen molar-refractivity contribution in [3.63, 3.8) is 0 Å². The number of imidazole rings is 1. The number of nitrogens with zero attached hydrogens (tertiary/aromatic N) is 2. The van der Waals surface area contributed by atoms with Crippen molar-refractivity contribution < 1.29 is 13.2 Å². The van der Waals surface area contributed by atoms with Gasteiger partial charge in [-0.2, -0.15) is 0 Å². The number of rotatable bonds is 6. The van der Waals surface area contributed by atoms with Gasteiger partial charge in [-0.1, -0.05) is 19.8 Å². The molecule has 0 unspecified atom stereocenters. The molecule has 2 atom stereocenters. The molecule has 1 aliphatic rings. The highest BCUT2D eigenvalue weighted by Crippen LogP contribution is 2.23. The van der Waals surface area contributed by atoms with Gasteiger partial charge in [-0.05, 0) is 25.7 Å². The summed E-state index contributed by atoms with van der Waals surface area (Å²) in [4.78, 5) is 15.9. The molecule has 0 radical (unpaired) electrons. The summed E-state index contributed by atoms with van der Waals surface area (Å²) in [6.07, 6.45) is 5.96. The molecule has 1 saturated carbocycles. The topological polar surface area (TPSA) is 93.1 Å². The lowest BCUT2D eigenvalue weighted by Gasteiger charge is -2.27. The largest absolute Gasteiger partial charge is 0.353 e. The van der Waals surface area contributed by atoms with Gasteiger partial charge in [0.1, 0.15) is 5.82 Å². The maximum absolute atomic E-state index is 12.1. The number of aromatic nitrogens is 2. The Morgan fingerprint density at radius 2 is 2.17 bits per heavy atom. The number of carbonyl (C=O) groups excluding carboxylic acids is 1. The summed E-state index contributed by atoms with van der Waals surface area (Å²) < 4.78 is 28.3. The Labute approximate surface area is 137 Å². The van der Waals surface area contributed by atoms with E-state index in [4.69, 9.17) is 0 Å². The van der Waals surface area contributed by atoms with Gasteiger partial charge in [0.2, 0.25) is 5.91 Å². The molecule has 1 fully saturated rings. The molecule has 1 aromatic heterocycles. The molecule has 0 spiro atoms. The van der Waals surface area contributed by atoms with Crippen LogP contribution in [-0.2, 0) is 21.9 Å². The average molecular weight is 342 g/mol. The van der Waals surface area contributed by atoms with E-state index in [1.807, 2.05) is 0 Å². The fraction of sp³-hybridized carbons (Fsp3) is 0.733. The Kier molecular flexibility index (Phi) is 5.80. The highest BCUT2D eigenvalue weighted by molar-refractivity contribution is 7.89. The lowest BCUT2D eigenvalue weighted by molar-refractivity contribution is -0.121. The van der Waals surface area contributed by atoms with Crippen LogP contribution >= 0.6 is 0 Å². The maximum atomic E-state index is 12.1. The Balaban J connectivity index is 1.78. The van der Waals surface area contributed by atoms with Crippen LogP contribution in [0.5, 0.6) is 0 Å². The van der Waals surface area contributed by atoms with E-state index in [2.05, 4.69) is 21.9 Å². The summed E-state index contributed by atoms with van der Waals surface area (Å²) in [6.45, 7) is 4.00. The maximum Gasteiger partial charge on any atom is 0.259 e. The smallest absolute Gasteiger partial charge is 0.259 e. The summed E-state index contributed by atoms with van der Waals surface area (Å²) in [5.41, 5.74) is 0. The van der Waals surface area contributed by atoms with Crippen LogP contribution in [0.1, 0.15) is 44.9 Å². The van der Waals surface area contributed by atoms with Crippen molar-refractivity contribution in [2.45, 2.75) is 57.0 Å². The summed E-state index contributed by atoms with van der Waals surface area (Å²) in [5.74, 6) is 1.15. The second kappa shape index (κ2) is 7.44. The van der Waals surface area contributed by atoms with E-state index in [0.29, 0.717) is 11.7 Å². The van der Waals surface area contributed by atoms with E-state index >= 15 is 0 Å². The van der Waals surface area contributed by atoms with E-state index in [0.717, 1.165) is 19.3 Å². The van der Waals surface area contributed by atoms with Gasteiger partial charge in [0.05, 0.1) is 0 Å². The predicted molar refractivity (Wildman–Crippen MR) is 87.3 cm³/mol. The molecule has 23 heavy (non-hydrogen) atoms. The highest BCUT2D eigenvalue weighted by Gasteiger charge is 2.21. The molecule has 8 heteroatoms. The second-order valence-electron chi connectivity index (χ2n) is 6.42. The van der Waals surface area contributed by atoms with Crippen LogP contribution in [-0.4, -0.2) is 36.5 Å². The third-order valence-electron chi connectivity index (χ3n) is 4.31. The van der Waals surface area contributed by atoms with Gasteiger partial charge in [-0.25, -0.2) is 18.1 Å². The van der Waals surface area contributed by atoms with Crippen LogP contribution in [0, 0.1) is 12.8 Å². The molecule has 2 rings (SSSR count). The first-order chi connectivity index (χ1) is 10.8. The van der Waals surface area contributed by atoms with E-state index in [1.165, 1.54) is 12.6 Å². The Hall–Kier alpha value is -1.41. The van der Waals surface area contributed by atoms with E-state index in [1.54, 1.807) is 18.5 Å². The van der Waals surface area contributed by atoms with Crippen molar-refractivity contribution >= 4 is 15.9 Å². The standard InChI is InChI=1S/C15H26N4O3S/c1-11-5-4-6-13(9-11)18-14(20)7-8-16-23(21,22)15-10-19(3)12(2)17-15/h10-11,13,16H,4-9H2,1-3H3,(H,18,20)/t11-,13+/m0/s1. The quantitative estimate of drug-likeness (QED) is 0.809. The monoisotopic (exact) mass is 342 g/mol. The van der Waals surface area contributed by atoms with E-state index in [-0.39, 0.29) is 29.9 Å². The second-order valence-corrected chi connectivity index (χ2v) is 8.14. The average Bonchev–Trinajstić information content (AvgIpc) is 2.79. The lowest BCUT2D eigenvalue weighted by atomic mass is 9.87. The molecule has 1 heterocycles. The molecule has 1 amide bonds. The Morgan fingerprint density at radius 1 is 1.43 bits per heavy atom. The zero-order valence-corrected chi connectivity index (χ0v) is 14.8. The number of aryl methyl sites for hydroxylation is 2. The van der Waals surface area contributed by atoms with Crippen LogP contribution in [0.25, 0.3) is 0 Å². The summed E-state index contributed by atoms with van der Waals surface area (Å²) in [6, 6.07) is 0.223. The Morgan fingerprint density at radius 3 is 2.78 bits per heavy atom. The van der Waals surface area contributed by atoms with Crippen molar-refractivity contribution in [2.24, 2.45) is 13.0 Å². The minimum atomic E-state index is -3.66. The molecular formula is C15H26N4O3S. The zero-order valence-electron chi connectivity index (χ0n) is 14.0. The van der Waals surface area contributed by atoms with Gasteiger partial charge in [-0.3, -0.25) is 4.79 Å². The van der Waals surface area contributed by atoms with Crippen molar-refractivity contribution in [1.82, 2.24) is 19.6 Å². The fourth-order valence-corrected chi connectivity index (χ4v) is 3.96. The van der Waals surface area contributed by atoms with Gasteiger partial charge in [0.15, 0.2) is 5.03 Å². The number of hydrogen-bond donors (Lipinski definition) is 2. The van der Waals surface area contributed by atoms with Gasteiger partial charge < -0.3 is 9.88 Å². The van der Waals surface area contributed by atoms with Crippen LogP contribution in [0.4, 0.5) is 0 Å². The van der Waals surface area contributed by atoms with E-state index in [9.17, 15) is 13.2 Å². The number of carbonyl (C=O) groups is 1. The predicted octanol–water partition coefficient (Wildman–Crippen LogP) is 1.09. The highest BCUT2D eigenvalue weighted by atomic mass is 32.2. The molecule has 2 N–H and O–H groups in total. The third kappa shape index (κ3) is 5.04. The van der Waals surface area contributed by atoms with Crippen LogP contribution in [0.2, 0.25) is 0 Å². The molecule has 0 bridgehead atoms. The summed E-state index contributed by atoms with van der Waals surface area (Å²) >= 11 is 0. The molecule has 7 nitrogen and oxygen atoms in total. The number of sulfonamides is 1. The number of hydrogen-bond acceptors (Lipinski definition) is 4. The minimum Gasteiger partial charge on any atom is -0.353 e. The first-order valence-electron chi connectivity index (χ1n) is 8.07. The van der Waals surface area contributed by atoms with Crippen molar-refractivity contribution in [2.75, 3.05) is 6.54 Å². The van der Waals surface area contributed by atoms with Crippen LogP contribution in [0.15, 0.2) is 11.2 Å². The molecule has 0 saturated heterocycles.